The van der Waals surface area contributed by atoms with E-state index < -0.39 is 0 Å². The minimum absolute atomic E-state index is 0.202. The van der Waals surface area contributed by atoms with Crippen molar-refractivity contribution in [2.24, 2.45) is 0 Å². The molecule has 2 aromatic carbocycles. The standard InChI is InChI=1S/C26H34S2/c1-25(2,3)21-10-17-9-18-11-22(26(4,5)6)13-20-15-28-16-27-14-19(12-21)23(17)7-8-24(18)20/h10-13H,7-9,14-16H2,1-6H3. The highest BCUT2D eigenvalue weighted by Crippen LogP contribution is 2.38. The predicted octanol–water partition coefficient (Wildman–Crippen LogP) is 7.41. The molecule has 0 aromatic heterocycles. The molecule has 0 saturated heterocycles. The molecule has 2 aliphatic rings. The number of hydrogen-bond acceptors (Lipinski definition) is 2. The van der Waals surface area contributed by atoms with Crippen LogP contribution in [0, 0.1) is 0 Å². The second-order valence-electron chi connectivity index (χ2n) is 10.5. The van der Waals surface area contributed by atoms with Gasteiger partial charge in [0.2, 0.25) is 0 Å². The first kappa shape index (κ1) is 20.4. The molecular weight excluding hydrogens is 376 g/mol. The van der Waals surface area contributed by atoms with E-state index in [4.69, 9.17) is 0 Å². The summed E-state index contributed by atoms with van der Waals surface area (Å²) in [5, 5.41) is 1.18. The van der Waals surface area contributed by atoms with Gasteiger partial charge in [-0.3, -0.25) is 0 Å². The van der Waals surface area contributed by atoms with Crippen LogP contribution in [-0.2, 0) is 41.6 Å². The summed E-state index contributed by atoms with van der Waals surface area (Å²) in [6, 6.07) is 10.1. The van der Waals surface area contributed by atoms with Crippen molar-refractivity contribution in [3.63, 3.8) is 0 Å². The van der Waals surface area contributed by atoms with Gasteiger partial charge in [0.15, 0.2) is 0 Å². The quantitative estimate of drug-likeness (QED) is 0.443. The third-order valence-corrected chi connectivity index (χ3v) is 8.65. The summed E-state index contributed by atoms with van der Waals surface area (Å²) in [5.74, 6) is 2.32. The van der Waals surface area contributed by atoms with Gasteiger partial charge in [0.05, 0.1) is 0 Å². The van der Waals surface area contributed by atoms with Gasteiger partial charge in [-0.25, -0.2) is 0 Å². The van der Waals surface area contributed by atoms with E-state index in [0.29, 0.717) is 0 Å². The van der Waals surface area contributed by atoms with Crippen LogP contribution in [0.2, 0.25) is 0 Å². The number of fused-ring (bicyclic) bond motifs is 1. The van der Waals surface area contributed by atoms with E-state index in [0.717, 1.165) is 17.9 Å². The van der Waals surface area contributed by atoms with Crippen molar-refractivity contribution >= 4 is 23.5 Å². The van der Waals surface area contributed by atoms with Gasteiger partial charge in [-0.1, -0.05) is 65.8 Å². The molecule has 0 saturated carbocycles. The van der Waals surface area contributed by atoms with Crippen molar-refractivity contribution in [2.75, 3.05) is 5.08 Å². The van der Waals surface area contributed by atoms with E-state index in [2.05, 4.69) is 89.3 Å². The average molecular weight is 411 g/mol. The number of benzene rings is 2. The highest BCUT2D eigenvalue weighted by Gasteiger charge is 2.25. The Morgan fingerprint density at radius 2 is 1.00 bits per heavy atom. The van der Waals surface area contributed by atoms with Crippen LogP contribution in [-0.4, -0.2) is 5.08 Å². The molecule has 0 nitrogen and oxygen atoms in total. The molecule has 0 amide bonds. The molecule has 150 valence electrons. The molecule has 2 heteroatoms. The third kappa shape index (κ3) is 4.05. The van der Waals surface area contributed by atoms with Gasteiger partial charge in [0.1, 0.15) is 0 Å². The topological polar surface area (TPSA) is 0 Å². The summed E-state index contributed by atoms with van der Waals surface area (Å²) in [5.41, 5.74) is 13.1. The van der Waals surface area contributed by atoms with Gasteiger partial charge in [0, 0.05) is 16.6 Å². The van der Waals surface area contributed by atoms with Crippen molar-refractivity contribution in [1.29, 1.82) is 0 Å². The molecule has 2 aromatic rings. The molecule has 0 fully saturated rings. The van der Waals surface area contributed by atoms with Crippen LogP contribution < -0.4 is 0 Å². The van der Waals surface area contributed by atoms with Crippen molar-refractivity contribution in [1.82, 2.24) is 0 Å². The van der Waals surface area contributed by atoms with Gasteiger partial charge in [-0.15, -0.1) is 23.5 Å². The fourth-order valence-corrected chi connectivity index (χ4v) is 6.59. The zero-order valence-electron chi connectivity index (χ0n) is 18.4. The van der Waals surface area contributed by atoms with Crippen LogP contribution in [0.4, 0.5) is 0 Å². The Labute approximate surface area is 180 Å². The van der Waals surface area contributed by atoms with E-state index >= 15 is 0 Å². The number of hydrogen-bond donors (Lipinski definition) is 0. The zero-order chi connectivity index (χ0) is 20.1. The Morgan fingerprint density at radius 1 is 0.607 bits per heavy atom. The molecule has 0 atom stereocenters. The molecule has 1 aliphatic carbocycles. The number of thioether (sulfide) groups is 2. The Morgan fingerprint density at radius 3 is 1.39 bits per heavy atom. The van der Waals surface area contributed by atoms with E-state index in [-0.39, 0.29) is 10.8 Å². The van der Waals surface area contributed by atoms with Crippen LogP contribution in [0.25, 0.3) is 0 Å². The summed E-state index contributed by atoms with van der Waals surface area (Å²) < 4.78 is 0. The first-order valence-corrected chi connectivity index (χ1v) is 12.9. The minimum atomic E-state index is 0.202. The summed E-state index contributed by atoms with van der Waals surface area (Å²) in [4.78, 5) is 0. The lowest BCUT2D eigenvalue weighted by molar-refractivity contribution is 0.588. The molecule has 1 heterocycles. The Bertz CT molecular complexity index is 821. The largest absolute Gasteiger partial charge is 0.146 e. The van der Waals surface area contributed by atoms with E-state index in [1.165, 1.54) is 29.1 Å². The van der Waals surface area contributed by atoms with Gasteiger partial charge >= 0.3 is 0 Å². The van der Waals surface area contributed by atoms with Gasteiger partial charge in [-0.05, 0) is 74.6 Å². The van der Waals surface area contributed by atoms with Crippen LogP contribution in [0.5, 0.6) is 0 Å². The molecule has 0 N–H and O–H groups in total. The molecular formula is C26H34S2. The normalized spacial score (nSPS) is 17.2. The van der Waals surface area contributed by atoms with Gasteiger partial charge < -0.3 is 0 Å². The molecule has 1 aliphatic heterocycles. The minimum Gasteiger partial charge on any atom is -0.146 e. The lowest BCUT2D eigenvalue weighted by Gasteiger charge is -2.25. The van der Waals surface area contributed by atoms with Crippen LogP contribution in [0.15, 0.2) is 24.3 Å². The maximum Gasteiger partial charge on any atom is 0.0398 e. The van der Waals surface area contributed by atoms with Crippen LogP contribution >= 0.6 is 23.5 Å². The fourth-order valence-electron chi connectivity index (χ4n) is 4.49. The third-order valence-electron chi connectivity index (χ3n) is 6.29. The predicted molar refractivity (Wildman–Crippen MR) is 128 cm³/mol. The highest BCUT2D eigenvalue weighted by atomic mass is 32.2. The maximum atomic E-state index is 2.53. The van der Waals surface area contributed by atoms with E-state index in [1.807, 2.05) is 0 Å². The lowest BCUT2D eigenvalue weighted by Crippen LogP contribution is -2.14. The SMILES string of the molecule is CC(C)(C)c1cc2c3c(c1)Cc1cc(C(C)(C)C)cc(c1CC3)CSCSC2. The van der Waals surface area contributed by atoms with Gasteiger partial charge in [-0.2, -0.15) is 0 Å². The van der Waals surface area contributed by atoms with Crippen molar-refractivity contribution in [2.45, 2.75) is 83.1 Å². The molecule has 4 rings (SSSR count). The summed E-state index contributed by atoms with van der Waals surface area (Å²) in [7, 11) is 0. The second kappa shape index (κ2) is 7.43. The molecule has 0 spiro atoms. The second-order valence-corrected chi connectivity index (χ2v) is 12.9. The maximum absolute atomic E-state index is 2.53. The van der Waals surface area contributed by atoms with Crippen molar-refractivity contribution in [3.8, 4) is 0 Å². The molecule has 2 bridgehead atoms. The fraction of sp³-hybridized carbons (Fsp3) is 0.538. The van der Waals surface area contributed by atoms with Crippen LogP contribution in [0.3, 0.4) is 0 Å². The summed E-state index contributed by atoms with van der Waals surface area (Å²) in [6.45, 7) is 14.1. The molecule has 0 unspecified atom stereocenters. The number of rotatable bonds is 0. The van der Waals surface area contributed by atoms with Crippen molar-refractivity contribution < 1.29 is 0 Å². The molecule has 28 heavy (non-hydrogen) atoms. The van der Waals surface area contributed by atoms with E-state index in [1.54, 1.807) is 33.4 Å². The van der Waals surface area contributed by atoms with Gasteiger partial charge in [0.25, 0.3) is 0 Å². The van der Waals surface area contributed by atoms with Crippen molar-refractivity contribution in [3.05, 3.63) is 68.8 Å². The summed E-state index contributed by atoms with van der Waals surface area (Å²) in [6.07, 6.45) is 3.51. The van der Waals surface area contributed by atoms with E-state index in [9.17, 15) is 0 Å². The Hall–Kier alpha value is -0.860. The lowest BCUT2D eigenvalue weighted by atomic mass is 9.81. The molecule has 0 radical (unpaired) electrons. The monoisotopic (exact) mass is 410 g/mol. The highest BCUT2D eigenvalue weighted by molar-refractivity contribution is 8.15. The van der Waals surface area contributed by atoms with Crippen LogP contribution in [0.1, 0.15) is 86.1 Å². The Kier molecular flexibility index (Phi) is 5.42. The average Bonchev–Trinajstić information content (AvgIpc) is 2.80. The summed E-state index contributed by atoms with van der Waals surface area (Å²) >= 11 is 4.20. The first-order valence-electron chi connectivity index (χ1n) is 10.6. The first-order chi connectivity index (χ1) is 13.1. The zero-order valence-corrected chi connectivity index (χ0v) is 20.0. The smallest absolute Gasteiger partial charge is 0.0398 e. The Balaban J connectivity index is 1.93.